The van der Waals surface area contributed by atoms with Gasteiger partial charge in [0.25, 0.3) is 0 Å². The molecule has 4 heteroatoms. The first-order valence-electron chi connectivity index (χ1n) is 8.19. The van der Waals surface area contributed by atoms with Crippen LogP contribution in [-0.4, -0.2) is 9.97 Å². The highest BCUT2D eigenvalue weighted by atomic mass is 15.1. The fourth-order valence-corrected chi connectivity index (χ4v) is 2.64. The highest BCUT2D eigenvalue weighted by molar-refractivity contribution is 5.66. The van der Waals surface area contributed by atoms with Gasteiger partial charge in [0.15, 0.2) is 0 Å². The Morgan fingerprint density at radius 2 is 1.38 bits per heavy atom. The third-order valence-electron chi connectivity index (χ3n) is 3.91. The summed E-state index contributed by atoms with van der Waals surface area (Å²) in [6, 6.07) is 18.4. The Kier molecular flexibility index (Phi) is 4.75. The molecule has 24 heavy (non-hydrogen) atoms. The number of para-hydroxylation sites is 2. The van der Waals surface area contributed by atoms with E-state index in [1.165, 1.54) is 11.1 Å². The summed E-state index contributed by atoms with van der Waals surface area (Å²) in [5.74, 6) is 2.30. The van der Waals surface area contributed by atoms with Gasteiger partial charge in [-0.15, -0.1) is 0 Å². The van der Waals surface area contributed by atoms with E-state index in [4.69, 9.17) is 0 Å². The predicted octanol–water partition coefficient (Wildman–Crippen LogP) is 5.14. The smallest absolute Gasteiger partial charge is 0.136 e. The lowest BCUT2D eigenvalue weighted by Crippen LogP contribution is -2.03. The van der Waals surface area contributed by atoms with Crippen LogP contribution >= 0.6 is 0 Å². The minimum Gasteiger partial charge on any atom is -0.340 e. The van der Waals surface area contributed by atoms with Gasteiger partial charge in [-0.05, 0) is 43.5 Å². The number of benzene rings is 2. The molecule has 0 radical (unpaired) electrons. The van der Waals surface area contributed by atoms with E-state index in [0.29, 0.717) is 0 Å². The topological polar surface area (TPSA) is 49.8 Å². The second-order valence-electron chi connectivity index (χ2n) is 5.76. The van der Waals surface area contributed by atoms with Crippen LogP contribution in [-0.2, 0) is 6.42 Å². The lowest BCUT2D eigenvalue weighted by Gasteiger charge is -2.13. The van der Waals surface area contributed by atoms with Crippen molar-refractivity contribution in [3.05, 3.63) is 71.5 Å². The second-order valence-corrected chi connectivity index (χ2v) is 5.76. The predicted molar refractivity (Wildman–Crippen MR) is 100 cm³/mol. The molecule has 0 atom stereocenters. The number of nitrogens with one attached hydrogen (secondary N) is 2. The summed E-state index contributed by atoms with van der Waals surface area (Å²) in [4.78, 5) is 9.00. The Hall–Kier alpha value is -2.88. The Morgan fingerprint density at radius 3 is 2.04 bits per heavy atom. The molecular formula is C20H22N4. The van der Waals surface area contributed by atoms with Crippen LogP contribution in [0.4, 0.5) is 23.0 Å². The minimum atomic E-state index is 0.727. The maximum Gasteiger partial charge on any atom is 0.136 e. The molecule has 2 aromatic carbocycles. The Bertz CT molecular complexity index is 843. The van der Waals surface area contributed by atoms with Crippen molar-refractivity contribution in [3.8, 4) is 0 Å². The summed E-state index contributed by atoms with van der Waals surface area (Å²) in [5, 5.41) is 6.79. The van der Waals surface area contributed by atoms with E-state index in [9.17, 15) is 0 Å². The van der Waals surface area contributed by atoms with Gasteiger partial charge in [-0.2, -0.15) is 0 Å². The van der Waals surface area contributed by atoms with Crippen molar-refractivity contribution in [2.24, 2.45) is 0 Å². The van der Waals surface area contributed by atoms with Crippen LogP contribution in [0.25, 0.3) is 0 Å². The van der Waals surface area contributed by atoms with Gasteiger partial charge in [-0.1, -0.05) is 43.3 Å². The number of rotatable bonds is 5. The summed E-state index contributed by atoms with van der Waals surface area (Å²) in [6.45, 7) is 6.13. The molecule has 0 aliphatic carbocycles. The van der Waals surface area contributed by atoms with Gasteiger partial charge in [0.2, 0.25) is 0 Å². The summed E-state index contributed by atoms with van der Waals surface area (Å²) in [6.07, 6.45) is 0.974. The summed E-state index contributed by atoms with van der Waals surface area (Å²) < 4.78 is 0. The van der Waals surface area contributed by atoms with Crippen molar-refractivity contribution in [1.82, 2.24) is 9.97 Å². The average molecular weight is 318 g/mol. The molecule has 0 saturated heterocycles. The first-order valence-corrected chi connectivity index (χ1v) is 8.19. The fraction of sp³-hybridized carbons (Fsp3) is 0.200. The van der Waals surface area contributed by atoms with Gasteiger partial charge in [0.05, 0.1) is 0 Å². The van der Waals surface area contributed by atoms with Gasteiger partial charge in [0, 0.05) is 17.4 Å². The number of hydrogen-bond acceptors (Lipinski definition) is 4. The van der Waals surface area contributed by atoms with Gasteiger partial charge in [0.1, 0.15) is 17.5 Å². The number of nitrogens with zero attached hydrogens (tertiary/aromatic N) is 2. The Labute approximate surface area is 143 Å². The van der Waals surface area contributed by atoms with Crippen molar-refractivity contribution >= 4 is 23.0 Å². The third-order valence-corrected chi connectivity index (χ3v) is 3.91. The minimum absolute atomic E-state index is 0.727. The molecule has 4 nitrogen and oxygen atoms in total. The monoisotopic (exact) mass is 318 g/mol. The van der Waals surface area contributed by atoms with Crippen LogP contribution in [0, 0.1) is 13.8 Å². The first-order chi connectivity index (χ1) is 11.7. The number of aromatic nitrogens is 2. The molecule has 0 bridgehead atoms. The second kappa shape index (κ2) is 7.13. The highest BCUT2D eigenvalue weighted by Gasteiger charge is 2.06. The Balaban J connectivity index is 1.88. The van der Waals surface area contributed by atoms with Crippen molar-refractivity contribution in [1.29, 1.82) is 0 Å². The van der Waals surface area contributed by atoms with Crippen LogP contribution in [0.5, 0.6) is 0 Å². The molecule has 3 rings (SSSR count). The summed E-state index contributed by atoms with van der Waals surface area (Å²) in [7, 11) is 0. The largest absolute Gasteiger partial charge is 0.340 e. The third kappa shape index (κ3) is 3.71. The van der Waals surface area contributed by atoms with Gasteiger partial charge < -0.3 is 10.6 Å². The molecular weight excluding hydrogens is 296 g/mol. The SMILES string of the molecule is CCc1ccccc1Nc1cc(Nc2ccccc2C)nc(C)n1. The zero-order chi connectivity index (χ0) is 16.9. The van der Waals surface area contributed by atoms with Crippen LogP contribution < -0.4 is 10.6 Å². The van der Waals surface area contributed by atoms with Crippen molar-refractivity contribution in [2.45, 2.75) is 27.2 Å². The van der Waals surface area contributed by atoms with Crippen LogP contribution in [0.1, 0.15) is 23.9 Å². The molecule has 0 spiro atoms. The van der Waals surface area contributed by atoms with Crippen LogP contribution in [0.15, 0.2) is 54.6 Å². The number of anilines is 4. The molecule has 122 valence electrons. The summed E-state index contributed by atoms with van der Waals surface area (Å²) in [5.41, 5.74) is 4.58. The quantitative estimate of drug-likeness (QED) is 0.683. The first kappa shape index (κ1) is 16.0. The molecule has 0 unspecified atom stereocenters. The molecule has 0 aliphatic rings. The fourth-order valence-electron chi connectivity index (χ4n) is 2.64. The zero-order valence-corrected chi connectivity index (χ0v) is 14.3. The molecule has 0 saturated carbocycles. The van der Waals surface area contributed by atoms with Crippen molar-refractivity contribution < 1.29 is 0 Å². The van der Waals surface area contributed by atoms with E-state index < -0.39 is 0 Å². The molecule has 3 aromatic rings. The lowest BCUT2D eigenvalue weighted by atomic mass is 10.1. The maximum atomic E-state index is 4.51. The van der Waals surface area contributed by atoms with Crippen molar-refractivity contribution in [3.63, 3.8) is 0 Å². The van der Waals surface area contributed by atoms with E-state index in [1.807, 2.05) is 37.3 Å². The standard InChI is InChI=1S/C20H22N4/c1-4-16-10-6-8-12-18(16)24-20-13-19(21-15(3)22-20)23-17-11-7-5-9-14(17)2/h5-13H,4H2,1-3H3,(H2,21,22,23,24). The number of hydrogen-bond donors (Lipinski definition) is 2. The van der Waals surface area contributed by atoms with Crippen LogP contribution in [0.3, 0.4) is 0 Å². The molecule has 2 N–H and O–H groups in total. The molecule has 0 amide bonds. The molecule has 0 fully saturated rings. The van der Waals surface area contributed by atoms with E-state index in [-0.39, 0.29) is 0 Å². The van der Waals surface area contributed by atoms with E-state index in [1.54, 1.807) is 0 Å². The molecule has 1 aromatic heterocycles. The highest BCUT2D eigenvalue weighted by Crippen LogP contribution is 2.24. The van der Waals surface area contributed by atoms with E-state index in [2.05, 4.69) is 58.7 Å². The van der Waals surface area contributed by atoms with Gasteiger partial charge in [-0.3, -0.25) is 0 Å². The van der Waals surface area contributed by atoms with E-state index >= 15 is 0 Å². The van der Waals surface area contributed by atoms with Crippen molar-refractivity contribution in [2.75, 3.05) is 10.6 Å². The Morgan fingerprint density at radius 1 is 0.792 bits per heavy atom. The maximum absolute atomic E-state index is 4.51. The average Bonchev–Trinajstić information content (AvgIpc) is 2.57. The van der Waals surface area contributed by atoms with E-state index in [0.717, 1.165) is 35.3 Å². The normalized spacial score (nSPS) is 10.5. The zero-order valence-electron chi connectivity index (χ0n) is 14.3. The van der Waals surface area contributed by atoms with Gasteiger partial charge >= 0.3 is 0 Å². The summed E-state index contributed by atoms with van der Waals surface area (Å²) >= 11 is 0. The van der Waals surface area contributed by atoms with Gasteiger partial charge in [-0.25, -0.2) is 9.97 Å². The lowest BCUT2D eigenvalue weighted by molar-refractivity contribution is 1.06. The molecule has 0 aliphatic heterocycles. The van der Waals surface area contributed by atoms with Crippen LogP contribution in [0.2, 0.25) is 0 Å². The molecule has 1 heterocycles. The number of aryl methyl sites for hydroxylation is 3.